The van der Waals surface area contributed by atoms with Crippen molar-refractivity contribution in [3.05, 3.63) is 35.1 Å². The van der Waals surface area contributed by atoms with Gasteiger partial charge in [-0.25, -0.2) is 4.39 Å². The van der Waals surface area contributed by atoms with Gasteiger partial charge < -0.3 is 4.90 Å². The van der Waals surface area contributed by atoms with E-state index in [0.29, 0.717) is 31.1 Å². The van der Waals surface area contributed by atoms with Crippen LogP contribution in [0.4, 0.5) is 4.39 Å². The van der Waals surface area contributed by atoms with Crippen LogP contribution in [0.15, 0.2) is 18.2 Å². The minimum atomic E-state index is -0.486. The van der Waals surface area contributed by atoms with Crippen molar-refractivity contribution in [3.63, 3.8) is 0 Å². The lowest BCUT2D eigenvalue weighted by Gasteiger charge is -2.26. The van der Waals surface area contributed by atoms with Crippen LogP contribution in [0.2, 0.25) is 0 Å². The van der Waals surface area contributed by atoms with Crippen LogP contribution in [0.25, 0.3) is 0 Å². The first-order valence-corrected chi connectivity index (χ1v) is 6.61. The summed E-state index contributed by atoms with van der Waals surface area (Å²) in [7, 11) is 1.52. The highest BCUT2D eigenvalue weighted by Crippen LogP contribution is 2.08. The van der Waals surface area contributed by atoms with E-state index in [-0.39, 0.29) is 17.6 Å². The van der Waals surface area contributed by atoms with Crippen molar-refractivity contribution in [3.8, 4) is 0 Å². The van der Waals surface area contributed by atoms with Crippen molar-refractivity contribution in [2.24, 2.45) is 0 Å². The summed E-state index contributed by atoms with van der Waals surface area (Å²) in [6, 6.07) is 3.66. The number of nitrogens with one attached hydrogen (secondary N) is 1. The Hall–Kier alpha value is -2.57. The summed E-state index contributed by atoms with van der Waals surface area (Å²) in [5, 5.41) is 2.17. The van der Waals surface area contributed by atoms with Crippen molar-refractivity contribution in [1.29, 1.82) is 0 Å². The van der Waals surface area contributed by atoms with E-state index in [9.17, 15) is 23.6 Å². The van der Waals surface area contributed by atoms with Gasteiger partial charge in [0.25, 0.3) is 0 Å². The Morgan fingerprint density at radius 1 is 1.32 bits per heavy atom. The summed E-state index contributed by atoms with van der Waals surface area (Å²) in [5.41, 5.74) is 1.22. The summed E-state index contributed by atoms with van der Waals surface area (Å²) >= 11 is 0. The summed E-state index contributed by atoms with van der Waals surface area (Å²) in [6.07, 6.45) is 1.95. The topological polar surface area (TPSA) is 83.6 Å². The fraction of sp³-hybridized carbons (Fsp3) is 0.333. The number of carbonyl (C=O) groups is 4. The molecule has 1 aliphatic heterocycles. The van der Waals surface area contributed by atoms with Crippen LogP contribution in [0.3, 0.4) is 0 Å². The molecular weight excluding hydrogens is 291 g/mol. The highest BCUT2D eigenvalue weighted by Gasteiger charge is 2.28. The number of imide groups is 1. The average Bonchev–Trinajstić information content (AvgIpc) is 2.49. The maximum absolute atomic E-state index is 12.4. The quantitative estimate of drug-likeness (QED) is 0.662. The van der Waals surface area contributed by atoms with Gasteiger partial charge in [0.1, 0.15) is 18.1 Å². The number of aryl methyl sites for hydroxylation is 1. The normalized spacial score (nSPS) is 17.0. The van der Waals surface area contributed by atoms with Crippen molar-refractivity contribution in [1.82, 2.24) is 10.2 Å². The predicted molar refractivity (Wildman–Crippen MR) is 76.5 cm³/mol. The van der Waals surface area contributed by atoms with Crippen molar-refractivity contribution < 1.29 is 23.6 Å². The predicted octanol–water partition coefficient (Wildman–Crippen LogP) is 0.826. The van der Waals surface area contributed by atoms with Crippen LogP contribution < -0.4 is 5.32 Å². The van der Waals surface area contributed by atoms with E-state index in [1.54, 1.807) is 13.0 Å². The second-order valence-corrected chi connectivity index (χ2v) is 4.86. The second-order valence-electron chi connectivity index (χ2n) is 4.86. The molecule has 1 atom stereocenters. The average molecular weight is 308 g/mol. The molecule has 1 saturated heterocycles. The third-order valence-electron chi connectivity index (χ3n) is 3.24. The lowest BCUT2D eigenvalue weighted by molar-refractivity contribution is -0.140. The van der Waals surface area contributed by atoms with E-state index in [2.05, 4.69) is 5.32 Å². The van der Waals surface area contributed by atoms with Gasteiger partial charge in [-0.05, 0) is 31.0 Å². The lowest BCUT2D eigenvalue weighted by atomic mass is 10.1. The summed E-state index contributed by atoms with van der Waals surface area (Å²) in [6.45, 7) is 1.77. The molecule has 0 saturated carbocycles. The number of rotatable bonds is 3. The van der Waals surface area contributed by atoms with Gasteiger partial charge in [0.05, 0.1) is 0 Å². The van der Waals surface area contributed by atoms with Crippen LogP contribution in [-0.2, 0) is 14.4 Å². The molecule has 0 spiro atoms. The molecule has 7 heteroatoms. The molecule has 2 rings (SSSR count). The summed E-state index contributed by atoms with van der Waals surface area (Å²) in [4.78, 5) is 43.5. The van der Waals surface area contributed by atoms with E-state index in [1.807, 2.05) is 0 Å². The lowest BCUT2D eigenvalue weighted by Crippen LogP contribution is -2.50. The first-order chi connectivity index (χ1) is 10.4. The zero-order valence-corrected chi connectivity index (χ0v) is 12.3. The van der Waals surface area contributed by atoms with Gasteiger partial charge in [0, 0.05) is 19.0 Å². The fourth-order valence-electron chi connectivity index (χ4n) is 1.88. The molecule has 0 radical (unpaired) electrons. The van der Waals surface area contributed by atoms with Gasteiger partial charge in [-0.1, -0.05) is 6.07 Å². The maximum atomic E-state index is 12.4. The maximum Gasteiger partial charge on any atom is 0.249 e. The van der Waals surface area contributed by atoms with E-state index < -0.39 is 6.04 Å². The Morgan fingerprint density at radius 2 is 2.00 bits per heavy atom. The molecule has 0 aliphatic carbocycles. The third kappa shape index (κ3) is 4.76. The van der Waals surface area contributed by atoms with Crippen LogP contribution >= 0.6 is 0 Å². The summed E-state index contributed by atoms with van der Waals surface area (Å²) < 4.78 is 12.4. The van der Waals surface area contributed by atoms with Crippen LogP contribution in [0.1, 0.15) is 28.8 Å². The molecule has 1 N–H and O–H groups in total. The molecule has 0 aromatic heterocycles. The van der Waals surface area contributed by atoms with E-state index in [0.717, 1.165) is 5.56 Å². The first-order valence-electron chi connectivity index (χ1n) is 6.61. The standard InChI is InChI=1S/C8H7FO.C7H10N2O3/c1-6-2-3-8(9)4-7(6)5-10;1-9(4-10)5-2-3-6(11)8-7(5)12/h2-5H,1H3;4-5H,2-3H2,1H3,(H,8,11,12). The SMILES string of the molecule is CN(C=O)C1CCC(=O)NC1=O.Cc1ccc(F)cc1C=O. The zero-order chi connectivity index (χ0) is 16.7. The first kappa shape index (κ1) is 17.5. The van der Waals surface area contributed by atoms with E-state index >= 15 is 0 Å². The van der Waals surface area contributed by atoms with Gasteiger partial charge >= 0.3 is 0 Å². The Bertz CT molecular complexity index is 589. The van der Waals surface area contributed by atoms with Crippen molar-refractivity contribution in [2.75, 3.05) is 7.05 Å². The van der Waals surface area contributed by atoms with Gasteiger partial charge in [-0.2, -0.15) is 0 Å². The van der Waals surface area contributed by atoms with Crippen LogP contribution in [-0.4, -0.2) is 42.5 Å². The molecule has 3 amide bonds. The molecule has 22 heavy (non-hydrogen) atoms. The largest absolute Gasteiger partial charge is 0.336 e. The Kier molecular flexibility index (Phi) is 6.37. The Labute approximate surface area is 127 Å². The number of carbonyl (C=O) groups excluding carboxylic acids is 4. The number of aldehydes is 1. The number of nitrogens with zero attached hydrogens (tertiary/aromatic N) is 1. The van der Waals surface area contributed by atoms with Gasteiger partial charge in [0.2, 0.25) is 18.2 Å². The molecule has 1 unspecified atom stereocenters. The fourth-order valence-corrected chi connectivity index (χ4v) is 1.88. The number of benzene rings is 1. The number of amides is 3. The number of hydrogen-bond donors (Lipinski definition) is 1. The smallest absolute Gasteiger partial charge is 0.249 e. The molecule has 0 bridgehead atoms. The number of likely N-dealkylation sites (N-methyl/N-ethyl adjacent to an activating group) is 1. The number of hydrogen-bond acceptors (Lipinski definition) is 4. The number of piperidine rings is 1. The Balaban J connectivity index is 0.000000224. The van der Waals surface area contributed by atoms with Gasteiger partial charge in [-0.15, -0.1) is 0 Å². The molecule has 6 nitrogen and oxygen atoms in total. The zero-order valence-electron chi connectivity index (χ0n) is 12.3. The summed E-state index contributed by atoms with van der Waals surface area (Å²) in [5.74, 6) is -1.02. The molecule has 1 aromatic carbocycles. The third-order valence-corrected chi connectivity index (χ3v) is 3.24. The molecule has 1 aliphatic rings. The minimum absolute atomic E-state index is 0.268. The van der Waals surface area contributed by atoms with Gasteiger partial charge in [-0.3, -0.25) is 24.5 Å². The Morgan fingerprint density at radius 3 is 2.50 bits per heavy atom. The van der Waals surface area contributed by atoms with Crippen molar-refractivity contribution in [2.45, 2.75) is 25.8 Å². The van der Waals surface area contributed by atoms with E-state index in [1.165, 1.54) is 24.1 Å². The van der Waals surface area contributed by atoms with Crippen molar-refractivity contribution >= 4 is 24.5 Å². The number of halogens is 1. The van der Waals surface area contributed by atoms with Gasteiger partial charge in [0.15, 0.2) is 0 Å². The molecular formula is C15H17FN2O4. The minimum Gasteiger partial charge on any atom is -0.336 e. The molecule has 1 heterocycles. The highest BCUT2D eigenvalue weighted by atomic mass is 19.1. The monoisotopic (exact) mass is 308 g/mol. The second kappa shape index (κ2) is 8.02. The highest BCUT2D eigenvalue weighted by molar-refractivity contribution is 6.00. The molecule has 1 fully saturated rings. The van der Waals surface area contributed by atoms with Crippen LogP contribution in [0.5, 0.6) is 0 Å². The molecule has 118 valence electrons. The van der Waals surface area contributed by atoms with E-state index in [4.69, 9.17) is 0 Å². The van der Waals surface area contributed by atoms with Crippen LogP contribution in [0, 0.1) is 12.7 Å². The molecule has 1 aromatic rings.